The Morgan fingerprint density at radius 2 is 1.72 bits per heavy atom. The van der Waals surface area contributed by atoms with Gasteiger partial charge in [-0.1, -0.05) is 54.1 Å². The van der Waals surface area contributed by atoms with Gasteiger partial charge in [0.15, 0.2) is 5.75 Å². The summed E-state index contributed by atoms with van der Waals surface area (Å²) in [4.78, 5) is 8.18. The number of para-hydroxylation sites is 1. The highest BCUT2D eigenvalue weighted by Gasteiger charge is 2.18. The fraction of sp³-hybridized carbons (Fsp3) is 0. The Labute approximate surface area is 154 Å². The molecule has 0 saturated carbocycles. The molecule has 2 aromatic carbocycles. The molecule has 126 valence electrons. The molecule has 0 unspecified atom stereocenters. The summed E-state index contributed by atoms with van der Waals surface area (Å²) in [6, 6.07) is 12.6. The minimum atomic E-state index is 0.0328. The quantitative estimate of drug-likeness (QED) is 0.494. The highest BCUT2D eigenvalue weighted by Crippen LogP contribution is 2.42. The molecule has 0 radical (unpaired) electrons. The Balaban J connectivity index is 2.17. The van der Waals surface area contributed by atoms with Crippen LogP contribution in [0.25, 0.3) is 17.3 Å². The number of nitrogen functional groups attached to an aromatic ring is 2. The largest absolute Gasteiger partial charge is 0.454 e. The van der Waals surface area contributed by atoms with Crippen LogP contribution in [0.5, 0.6) is 11.5 Å². The van der Waals surface area contributed by atoms with E-state index in [0.29, 0.717) is 39.0 Å². The smallest absolute Gasteiger partial charge is 0.222 e. The van der Waals surface area contributed by atoms with Crippen molar-refractivity contribution in [1.82, 2.24) is 9.97 Å². The monoisotopic (exact) mass is 372 g/mol. The van der Waals surface area contributed by atoms with Gasteiger partial charge in [-0.2, -0.15) is 0 Å². The molecule has 0 aliphatic heterocycles. The zero-order valence-electron chi connectivity index (χ0n) is 13.0. The van der Waals surface area contributed by atoms with Crippen molar-refractivity contribution in [3.8, 4) is 22.8 Å². The molecule has 7 heteroatoms. The molecule has 0 bridgehead atoms. The molecule has 0 aliphatic rings. The number of ether oxygens (including phenoxy) is 1. The Bertz CT molecular complexity index is 946. The summed E-state index contributed by atoms with van der Waals surface area (Å²) < 4.78 is 5.85. The van der Waals surface area contributed by atoms with Crippen molar-refractivity contribution >= 4 is 40.9 Å². The van der Waals surface area contributed by atoms with Crippen LogP contribution in [0.4, 0.5) is 11.6 Å². The van der Waals surface area contributed by atoms with E-state index in [0.717, 1.165) is 0 Å². The van der Waals surface area contributed by atoms with E-state index in [1.807, 2.05) is 18.2 Å². The van der Waals surface area contributed by atoms with Crippen molar-refractivity contribution in [2.45, 2.75) is 0 Å². The highest BCUT2D eigenvalue weighted by atomic mass is 35.5. The molecule has 0 aliphatic carbocycles. The second kappa shape index (κ2) is 7.01. The Morgan fingerprint density at radius 3 is 2.40 bits per heavy atom. The first-order valence-electron chi connectivity index (χ1n) is 7.28. The van der Waals surface area contributed by atoms with Gasteiger partial charge in [-0.25, -0.2) is 9.97 Å². The molecule has 0 amide bonds. The number of nitrogens with two attached hydrogens (primary N) is 2. The second-order valence-corrected chi connectivity index (χ2v) is 5.86. The Hall–Kier alpha value is -2.76. The van der Waals surface area contributed by atoms with Gasteiger partial charge in [0.25, 0.3) is 0 Å². The number of benzene rings is 2. The molecule has 25 heavy (non-hydrogen) atoms. The molecular formula is C18H14Cl2N4O. The third kappa shape index (κ3) is 3.38. The highest BCUT2D eigenvalue weighted by molar-refractivity contribution is 6.33. The SMILES string of the molecule is C=Cc1c(Cl)nc(N)nc1-c1ccc(Cl)c(Oc2ccccc2)c1N. The van der Waals surface area contributed by atoms with Gasteiger partial charge in [0, 0.05) is 11.1 Å². The average Bonchev–Trinajstić information content (AvgIpc) is 2.59. The number of halogens is 2. The zero-order valence-corrected chi connectivity index (χ0v) is 14.6. The van der Waals surface area contributed by atoms with Gasteiger partial charge < -0.3 is 16.2 Å². The number of anilines is 2. The van der Waals surface area contributed by atoms with Crippen LogP contribution in [0.3, 0.4) is 0 Å². The maximum atomic E-state index is 6.30. The van der Waals surface area contributed by atoms with Gasteiger partial charge >= 0.3 is 0 Å². The minimum absolute atomic E-state index is 0.0328. The van der Waals surface area contributed by atoms with Crippen LogP contribution in [-0.2, 0) is 0 Å². The van der Waals surface area contributed by atoms with Gasteiger partial charge in [-0.05, 0) is 24.3 Å². The Kier molecular flexibility index (Phi) is 4.79. The fourth-order valence-electron chi connectivity index (χ4n) is 2.33. The normalized spacial score (nSPS) is 10.5. The molecule has 0 saturated heterocycles. The Morgan fingerprint density at radius 1 is 1.00 bits per heavy atom. The fourth-order valence-corrected chi connectivity index (χ4v) is 2.79. The zero-order chi connectivity index (χ0) is 18.0. The third-order valence-corrected chi connectivity index (χ3v) is 4.07. The average molecular weight is 373 g/mol. The van der Waals surface area contributed by atoms with Crippen LogP contribution in [0.2, 0.25) is 10.2 Å². The molecule has 3 aromatic rings. The number of rotatable bonds is 4. The third-order valence-electron chi connectivity index (χ3n) is 3.49. The van der Waals surface area contributed by atoms with E-state index in [9.17, 15) is 0 Å². The van der Waals surface area contributed by atoms with E-state index in [1.165, 1.54) is 0 Å². The number of nitrogens with zero attached hydrogens (tertiary/aromatic N) is 2. The summed E-state index contributed by atoms with van der Waals surface area (Å²) in [5, 5.41) is 0.566. The van der Waals surface area contributed by atoms with E-state index in [2.05, 4.69) is 16.5 Å². The minimum Gasteiger partial charge on any atom is -0.454 e. The summed E-state index contributed by atoms with van der Waals surface area (Å²) in [6.45, 7) is 3.74. The van der Waals surface area contributed by atoms with E-state index < -0.39 is 0 Å². The van der Waals surface area contributed by atoms with E-state index in [4.69, 9.17) is 39.4 Å². The molecule has 1 heterocycles. The lowest BCUT2D eigenvalue weighted by Gasteiger charge is -2.15. The lowest BCUT2D eigenvalue weighted by molar-refractivity contribution is 0.485. The van der Waals surface area contributed by atoms with Crippen LogP contribution >= 0.6 is 23.2 Å². The van der Waals surface area contributed by atoms with Crippen molar-refractivity contribution in [2.24, 2.45) is 0 Å². The summed E-state index contributed by atoms with van der Waals surface area (Å²) in [6.07, 6.45) is 1.54. The van der Waals surface area contributed by atoms with Gasteiger partial charge in [-0.15, -0.1) is 0 Å². The van der Waals surface area contributed by atoms with Crippen LogP contribution in [0.1, 0.15) is 5.56 Å². The first kappa shape index (κ1) is 17.1. The maximum Gasteiger partial charge on any atom is 0.222 e. The summed E-state index contributed by atoms with van der Waals surface area (Å²) in [5.41, 5.74) is 13.9. The van der Waals surface area contributed by atoms with Crippen molar-refractivity contribution in [3.63, 3.8) is 0 Å². The van der Waals surface area contributed by atoms with Crippen LogP contribution in [-0.4, -0.2) is 9.97 Å². The molecule has 0 atom stereocenters. The summed E-state index contributed by atoms with van der Waals surface area (Å²) in [5.74, 6) is 0.969. The van der Waals surface area contributed by atoms with Crippen molar-refractivity contribution in [1.29, 1.82) is 0 Å². The lowest BCUT2D eigenvalue weighted by Crippen LogP contribution is -2.03. The molecule has 0 fully saturated rings. The lowest BCUT2D eigenvalue weighted by atomic mass is 10.0. The van der Waals surface area contributed by atoms with Crippen molar-refractivity contribution in [2.75, 3.05) is 11.5 Å². The maximum absolute atomic E-state index is 6.30. The van der Waals surface area contributed by atoms with E-state index in [1.54, 1.807) is 30.3 Å². The number of aromatic nitrogens is 2. The predicted octanol–water partition coefficient (Wildman–Crippen LogP) is 5.05. The topological polar surface area (TPSA) is 87.0 Å². The van der Waals surface area contributed by atoms with Gasteiger partial charge in [0.2, 0.25) is 5.95 Å². The molecule has 1 aromatic heterocycles. The van der Waals surface area contributed by atoms with E-state index >= 15 is 0 Å². The molecule has 3 rings (SSSR count). The van der Waals surface area contributed by atoms with Crippen LogP contribution < -0.4 is 16.2 Å². The molecular weight excluding hydrogens is 359 g/mol. The number of hydrogen-bond acceptors (Lipinski definition) is 5. The van der Waals surface area contributed by atoms with Crippen LogP contribution in [0.15, 0.2) is 49.0 Å². The first-order chi connectivity index (χ1) is 12.0. The number of hydrogen-bond donors (Lipinski definition) is 2. The van der Waals surface area contributed by atoms with Gasteiger partial charge in [0.05, 0.1) is 16.4 Å². The van der Waals surface area contributed by atoms with Crippen LogP contribution in [0, 0.1) is 0 Å². The van der Waals surface area contributed by atoms with Gasteiger partial charge in [0.1, 0.15) is 10.9 Å². The van der Waals surface area contributed by atoms with Crippen molar-refractivity contribution in [3.05, 3.63) is 64.8 Å². The molecule has 4 N–H and O–H groups in total. The van der Waals surface area contributed by atoms with E-state index in [-0.39, 0.29) is 11.1 Å². The second-order valence-electron chi connectivity index (χ2n) is 5.09. The predicted molar refractivity (Wildman–Crippen MR) is 103 cm³/mol. The first-order valence-corrected chi connectivity index (χ1v) is 8.03. The molecule has 5 nitrogen and oxygen atoms in total. The standard InChI is InChI=1S/C18H14Cl2N4O/c1-2-11-15(23-18(22)24-17(11)20)12-8-9-13(19)16(14(12)21)25-10-6-4-3-5-7-10/h2-9H,1,21H2,(H2,22,23,24). The molecule has 0 spiro atoms. The summed E-state index contributed by atoms with van der Waals surface area (Å²) in [7, 11) is 0. The summed E-state index contributed by atoms with van der Waals surface area (Å²) >= 11 is 12.4. The van der Waals surface area contributed by atoms with Gasteiger partial charge in [-0.3, -0.25) is 0 Å². The van der Waals surface area contributed by atoms with Crippen molar-refractivity contribution < 1.29 is 4.74 Å².